The fourth-order valence-electron chi connectivity index (χ4n) is 3.37. The lowest BCUT2D eigenvalue weighted by Gasteiger charge is -2.22. The van der Waals surface area contributed by atoms with Gasteiger partial charge in [-0.15, -0.1) is 0 Å². The molecule has 0 bridgehead atoms. The van der Waals surface area contributed by atoms with Gasteiger partial charge in [-0.2, -0.15) is 13.2 Å². The van der Waals surface area contributed by atoms with E-state index in [0.717, 1.165) is 23.3 Å². The number of hydrogen-bond donors (Lipinski definition) is 1. The van der Waals surface area contributed by atoms with Gasteiger partial charge in [0, 0.05) is 17.6 Å². The molecule has 152 valence electrons. The minimum Gasteiger partial charge on any atom is -0.496 e. The Kier molecular flexibility index (Phi) is 6.28. The van der Waals surface area contributed by atoms with Crippen LogP contribution < -0.4 is 10.1 Å². The summed E-state index contributed by atoms with van der Waals surface area (Å²) in [5.41, 5.74) is 3.00. The van der Waals surface area contributed by atoms with Gasteiger partial charge in [0.15, 0.2) is 0 Å². The van der Waals surface area contributed by atoms with Crippen LogP contribution in [0.15, 0.2) is 72.8 Å². The van der Waals surface area contributed by atoms with Gasteiger partial charge in [-0.3, -0.25) is 0 Å². The molecular weight excluding hydrogens is 375 g/mol. The van der Waals surface area contributed by atoms with Gasteiger partial charge < -0.3 is 10.1 Å². The van der Waals surface area contributed by atoms with Crippen molar-refractivity contribution in [2.45, 2.75) is 32.1 Å². The second kappa shape index (κ2) is 8.70. The number of ether oxygens (including phenoxy) is 1. The van der Waals surface area contributed by atoms with E-state index in [2.05, 4.69) is 31.3 Å². The van der Waals surface area contributed by atoms with Crippen LogP contribution in [0.25, 0.3) is 11.1 Å². The van der Waals surface area contributed by atoms with Gasteiger partial charge >= 0.3 is 6.18 Å². The average molecular weight is 399 g/mol. The van der Waals surface area contributed by atoms with Crippen molar-refractivity contribution in [3.05, 3.63) is 89.5 Å². The first-order valence-electron chi connectivity index (χ1n) is 9.46. The Bertz CT molecular complexity index is 937. The van der Waals surface area contributed by atoms with Gasteiger partial charge in [0.1, 0.15) is 5.75 Å². The number of rotatable bonds is 6. The largest absolute Gasteiger partial charge is 0.496 e. The maximum absolute atomic E-state index is 12.9. The molecule has 3 rings (SSSR count). The molecule has 0 saturated carbocycles. The fourth-order valence-corrected chi connectivity index (χ4v) is 3.37. The van der Waals surface area contributed by atoms with Crippen LogP contribution in [-0.4, -0.2) is 7.11 Å². The standard InChI is InChI=1S/C24H24F3NO/c1-16(18-7-5-4-6-8-18)28-17(2)20-11-14-23(29-3)22(15-20)19-9-12-21(13-10-19)24(25,26)27/h4-17,28H,1-3H3/t16-,17+/m1/s1. The van der Waals surface area contributed by atoms with E-state index in [4.69, 9.17) is 4.74 Å². The molecule has 0 heterocycles. The van der Waals surface area contributed by atoms with Crippen molar-refractivity contribution in [2.24, 2.45) is 0 Å². The molecule has 0 fully saturated rings. The lowest BCUT2D eigenvalue weighted by Crippen LogP contribution is -2.22. The molecule has 2 nitrogen and oxygen atoms in total. The zero-order valence-electron chi connectivity index (χ0n) is 16.6. The number of benzene rings is 3. The van der Waals surface area contributed by atoms with Crippen LogP contribution in [0.3, 0.4) is 0 Å². The summed E-state index contributed by atoms with van der Waals surface area (Å²) in [7, 11) is 1.56. The Hall–Kier alpha value is -2.79. The zero-order valence-corrected chi connectivity index (χ0v) is 16.6. The molecule has 0 saturated heterocycles. The third kappa shape index (κ3) is 4.98. The van der Waals surface area contributed by atoms with Crippen LogP contribution in [0, 0.1) is 0 Å². The molecule has 0 aliphatic carbocycles. The van der Waals surface area contributed by atoms with Gasteiger partial charge in [0.25, 0.3) is 0 Å². The van der Waals surface area contributed by atoms with E-state index in [1.54, 1.807) is 7.11 Å². The first-order chi connectivity index (χ1) is 13.8. The maximum Gasteiger partial charge on any atom is 0.416 e. The minimum atomic E-state index is -4.35. The third-order valence-electron chi connectivity index (χ3n) is 5.05. The van der Waals surface area contributed by atoms with Crippen molar-refractivity contribution >= 4 is 0 Å². The number of alkyl halides is 3. The van der Waals surface area contributed by atoms with Crippen molar-refractivity contribution in [3.8, 4) is 16.9 Å². The SMILES string of the molecule is COc1ccc([C@H](C)N[C@H](C)c2ccccc2)cc1-c1ccc(C(F)(F)F)cc1. The van der Waals surface area contributed by atoms with Crippen molar-refractivity contribution in [3.63, 3.8) is 0 Å². The summed E-state index contributed by atoms with van der Waals surface area (Å²) < 4.78 is 44.0. The van der Waals surface area contributed by atoms with E-state index < -0.39 is 11.7 Å². The molecule has 0 spiro atoms. The normalized spacial score (nSPS) is 13.7. The Labute approximate surface area is 169 Å². The van der Waals surface area contributed by atoms with Gasteiger partial charge in [-0.1, -0.05) is 48.5 Å². The summed E-state index contributed by atoms with van der Waals surface area (Å²) >= 11 is 0. The second-order valence-electron chi connectivity index (χ2n) is 7.06. The molecule has 0 aliphatic rings. The van der Waals surface area contributed by atoms with Crippen LogP contribution in [0.4, 0.5) is 13.2 Å². The van der Waals surface area contributed by atoms with Crippen LogP contribution in [0.5, 0.6) is 5.75 Å². The Morgan fingerprint density at radius 3 is 2.00 bits per heavy atom. The Morgan fingerprint density at radius 1 is 0.793 bits per heavy atom. The molecule has 5 heteroatoms. The van der Waals surface area contributed by atoms with Gasteiger partial charge in [0.05, 0.1) is 12.7 Å². The molecule has 0 aromatic heterocycles. The predicted octanol–water partition coefficient (Wildman–Crippen LogP) is 6.79. The van der Waals surface area contributed by atoms with Crippen LogP contribution in [0.2, 0.25) is 0 Å². The highest BCUT2D eigenvalue weighted by atomic mass is 19.4. The number of hydrogen-bond acceptors (Lipinski definition) is 2. The predicted molar refractivity (Wildman–Crippen MR) is 110 cm³/mol. The summed E-state index contributed by atoms with van der Waals surface area (Å²) in [6.45, 7) is 4.17. The van der Waals surface area contributed by atoms with E-state index in [1.165, 1.54) is 17.7 Å². The topological polar surface area (TPSA) is 21.3 Å². The molecular formula is C24H24F3NO. The quantitative estimate of drug-likeness (QED) is 0.493. The van der Waals surface area contributed by atoms with Crippen LogP contribution >= 0.6 is 0 Å². The highest BCUT2D eigenvalue weighted by Gasteiger charge is 2.30. The summed E-state index contributed by atoms with van der Waals surface area (Å²) in [5, 5.41) is 3.57. The molecule has 0 unspecified atom stereocenters. The summed E-state index contributed by atoms with van der Waals surface area (Å²) in [6.07, 6.45) is -4.35. The lowest BCUT2D eigenvalue weighted by molar-refractivity contribution is -0.137. The van der Waals surface area contributed by atoms with E-state index in [0.29, 0.717) is 11.3 Å². The summed E-state index contributed by atoms with van der Waals surface area (Å²) in [6, 6.07) is 21.3. The van der Waals surface area contributed by atoms with E-state index in [1.807, 2.05) is 36.4 Å². The van der Waals surface area contributed by atoms with Crippen molar-refractivity contribution < 1.29 is 17.9 Å². The zero-order chi connectivity index (χ0) is 21.0. The molecule has 0 radical (unpaired) electrons. The highest BCUT2D eigenvalue weighted by Crippen LogP contribution is 2.35. The van der Waals surface area contributed by atoms with Crippen molar-refractivity contribution in [2.75, 3.05) is 7.11 Å². The number of methoxy groups -OCH3 is 1. The average Bonchev–Trinajstić information content (AvgIpc) is 2.73. The first kappa shape index (κ1) is 20.9. The van der Waals surface area contributed by atoms with Gasteiger partial charge in [-0.25, -0.2) is 0 Å². The Balaban J connectivity index is 1.86. The number of halogens is 3. The van der Waals surface area contributed by atoms with E-state index in [9.17, 15) is 13.2 Å². The van der Waals surface area contributed by atoms with Crippen LogP contribution in [-0.2, 0) is 6.18 Å². The molecule has 2 atom stereocenters. The smallest absolute Gasteiger partial charge is 0.416 e. The molecule has 3 aromatic rings. The Morgan fingerprint density at radius 2 is 1.41 bits per heavy atom. The first-order valence-corrected chi connectivity index (χ1v) is 9.46. The van der Waals surface area contributed by atoms with E-state index >= 15 is 0 Å². The summed E-state index contributed by atoms with van der Waals surface area (Å²) in [5.74, 6) is 0.622. The third-order valence-corrected chi connectivity index (χ3v) is 5.05. The molecule has 29 heavy (non-hydrogen) atoms. The maximum atomic E-state index is 12.9. The van der Waals surface area contributed by atoms with E-state index in [-0.39, 0.29) is 12.1 Å². The molecule has 0 aliphatic heterocycles. The highest BCUT2D eigenvalue weighted by molar-refractivity contribution is 5.71. The molecule has 3 aromatic carbocycles. The van der Waals surface area contributed by atoms with Gasteiger partial charge in [-0.05, 0) is 54.8 Å². The number of nitrogens with one attached hydrogen (secondary N) is 1. The van der Waals surface area contributed by atoms with Crippen LogP contribution in [0.1, 0.15) is 42.6 Å². The monoisotopic (exact) mass is 399 g/mol. The second-order valence-corrected chi connectivity index (χ2v) is 7.06. The minimum absolute atomic E-state index is 0.0457. The molecule has 1 N–H and O–H groups in total. The fraction of sp³-hybridized carbons (Fsp3) is 0.250. The lowest BCUT2D eigenvalue weighted by atomic mass is 9.97. The van der Waals surface area contributed by atoms with Crippen molar-refractivity contribution in [1.29, 1.82) is 0 Å². The summed E-state index contributed by atoms with van der Waals surface area (Å²) in [4.78, 5) is 0. The van der Waals surface area contributed by atoms with Crippen molar-refractivity contribution in [1.82, 2.24) is 5.32 Å². The van der Waals surface area contributed by atoms with Gasteiger partial charge in [0.2, 0.25) is 0 Å². The molecule has 0 amide bonds.